The van der Waals surface area contributed by atoms with Crippen LogP contribution in [0.4, 0.5) is 0 Å². The molecule has 0 atom stereocenters. The quantitative estimate of drug-likeness (QED) is 0.761. The lowest BCUT2D eigenvalue weighted by Gasteiger charge is -2.31. The van der Waals surface area contributed by atoms with Crippen molar-refractivity contribution in [2.75, 3.05) is 0 Å². The van der Waals surface area contributed by atoms with Crippen LogP contribution in [0.3, 0.4) is 0 Å². The number of hydrogen-bond acceptors (Lipinski definition) is 3. The Hall–Kier alpha value is -2.17. The van der Waals surface area contributed by atoms with Crippen molar-refractivity contribution in [3.05, 3.63) is 35.9 Å². The van der Waals surface area contributed by atoms with E-state index in [9.17, 15) is 14.4 Å². The zero-order chi connectivity index (χ0) is 15.2. The van der Waals surface area contributed by atoms with Gasteiger partial charge in [-0.1, -0.05) is 30.3 Å². The van der Waals surface area contributed by atoms with Gasteiger partial charge in [-0.15, -0.1) is 0 Å². The second kappa shape index (κ2) is 6.84. The van der Waals surface area contributed by atoms with E-state index in [-0.39, 0.29) is 31.5 Å². The lowest BCUT2D eigenvalue weighted by atomic mass is 9.70. The van der Waals surface area contributed by atoms with Crippen LogP contribution >= 0.6 is 0 Å². The van der Waals surface area contributed by atoms with E-state index < -0.39 is 17.4 Å². The number of carbonyl (C=O) groups excluding carboxylic acids is 1. The predicted octanol–water partition coefficient (Wildman–Crippen LogP) is 2.24. The molecule has 0 heterocycles. The molecule has 0 bridgehead atoms. The third-order valence-electron chi connectivity index (χ3n) is 3.53. The van der Waals surface area contributed by atoms with Gasteiger partial charge in [0, 0.05) is 12.8 Å². The van der Waals surface area contributed by atoms with Crippen LogP contribution in [0.5, 0.6) is 0 Å². The van der Waals surface area contributed by atoms with E-state index in [0.29, 0.717) is 5.56 Å². The summed E-state index contributed by atoms with van der Waals surface area (Å²) in [7, 11) is 0. The Bertz CT molecular complexity index is 474. The van der Waals surface area contributed by atoms with Gasteiger partial charge >= 0.3 is 11.9 Å². The molecule has 5 heteroatoms. The molecule has 0 unspecified atom stereocenters. The Morgan fingerprint density at radius 3 is 1.75 bits per heavy atom. The summed E-state index contributed by atoms with van der Waals surface area (Å²) in [6.45, 7) is 1.39. The molecule has 0 fully saturated rings. The lowest BCUT2D eigenvalue weighted by molar-refractivity contribution is -0.137. The number of carboxylic acids is 2. The number of ketones is 1. The zero-order valence-corrected chi connectivity index (χ0v) is 11.3. The number of Topliss-reactive ketones (excluding diaryl/α,β-unsaturated/α-hetero) is 1. The summed E-state index contributed by atoms with van der Waals surface area (Å²) in [5.41, 5.74) is -0.368. The molecule has 0 spiro atoms. The first-order chi connectivity index (χ1) is 9.38. The van der Waals surface area contributed by atoms with Gasteiger partial charge in [0.15, 0.2) is 0 Å². The van der Waals surface area contributed by atoms with E-state index in [0.717, 1.165) is 0 Å². The number of benzene rings is 1. The number of rotatable bonds is 8. The first-order valence-electron chi connectivity index (χ1n) is 6.38. The van der Waals surface area contributed by atoms with E-state index in [1.807, 2.05) is 0 Å². The average molecular weight is 278 g/mol. The molecule has 0 amide bonds. The van der Waals surface area contributed by atoms with Crippen LogP contribution < -0.4 is 0 Å². The Morgan fingerprint density at radius 2 is 1.40 bits per heavy atom. The molecule has 0 aliphatic heterocycles. The minimum atomic E-state index is -1.04. The molecule has 108 valence electrons. The largest absolute Gasteiger partial charge is 0.481 e. The number of carbonyl (C=O) groups is 3. The molecular weight excluding hydrogens is 260 g/mol. The standard InChI is InChI=1S/C15H18O5/c1-11(16)15(9-7-13(17)18,10-8-14(19)20)12-5-3-2-4-6-12/h2-6H,7-10H2,1H3,(H,17,18)(H,19,20). The number of carboxylic acid groups (broad SMARTS) is 2. The highest BCUT2D eigenvalue weighted by molar-refractivity contribution is 5.89. The van der Waals surface area contributed by atoms with Gasteiger partial charge < -0.3 is 10.2 Å². The van der Waals surface area contributed by atoms with Crippen LogP contribution in [0.2, 0.25) is 0 Å². The minimum absolute atomic E-state index is 0.106. The van der Waals surface area contributed by atoms with Crippen molar-refractivity contribution in [2.45, 2.75) is 38.0 Å². The van der Waals surface area contributed by atoms with E-state index in [4.69, 9.17) is 10.2 Å². The maximum absolute atomic E-state index is 12.1. The zero-order valence-electron chi connectivity index (χ0n) is 11.3. The van der Waals surface area contributed by atoms with Gasteiger partial charge in [0.1, 0.15) is 5.78 Å². The number of hydrogen-bond donors (Lipinski definition) is 2. The van der Waals surface area contributed by atoms with Gasteiger partial charge in [0.05, 0.1) is 5.41 Å². The normalized spacial score (nSPS) is 11.1. The van der Waals surface area contributed by atoms with Crippen molar-refractivity contribution >= 4 is 17.7 Å². The van der Waals surface area contributed by atoms with Gasteiger partial charge in [0.2, 0.25) is 0 Å². The van der Waals surface area contributed by atoms with Gasteiger partial charge in [-0.2, -0.15) is 0 Å². The molecule has 0 aromatic heterocycles. The molecule has 5 nitrogen and oxygen atoms in total. The van der Waals surface area contributed by atoms with Crippen LogP contribution in [0.15, 0.2) is 30.3 Å². The summed E-state index contributed by atoms with van der Waals surface area (Å²) in [6.07, 6.45) is -0.133. The molecule has 0 aliphatic rings. The molecule has 0 saturated carbocycles. The Morgan fingerprint density at radius 1 is 0.950 bits per heavy atom. The third kappa shape index (κ3) is 3.91. The van der Waals surface area contributed by atoms with Crippen molar-refractivity contribution in [3.8, 4) is 0 Å². The van der Waals surface area contributed by atoms with Gasteiger partial charge in [-0.3, -0.25) is 14.4 Å². The summed E-state index contributed by atoms with van der Waals surface area (Å²) in [5, 5.41) is 17.7. The molecule has 1 aromatic rings. The average Bonchev–Trinajstić information content (AvgIpc) is 2.39. The van der Waals surface area contributed by atoms with E-state index in [2.05, 4.69) is 0 Å². The maximum atomic E-state index is 12.1. The number of aliphatic carboxylic acids is 2. The second-order valence-corrected chi connectivity index (χ2v) is 4.79. The fourth-order valence-electron chi connectivity index (χ4n) is 2.37. The molecular formula is C15H18O5. The van der Waals surface area contributed by atoms with E-state index in [1.165, 1.54) is 6.92 Å². The molecule has 1 rings (SSSR count). The van der Waals surface area contributed by atoms with Crippen LogP contribution in [-0.4, -0.2) is 27.9 Å². The summed E-state index contributed by atoms with van der Waals surface area (Å²) < 4.78 is 0. The van der Waals surface area contributed by atoms with Gasteiger partial charge in [-0.05, 0) is 25.3 Å². The van der Waals surface area contributed by atoms with Crippen molar-refractivity contribution in [2.24, 2.45) is 0 Å². The highest BCUT2D eigenvalue weighted by atomic mass is 16.4. The van der Waals surface area contributed by atoms with Gasteiger partial charge in [0.25, 0.3) is 0 Å². The first kappa shape index (κ1) is 15.9. The van der Waals surface area contributed by atoms with Crippen molar-refractivity contribution in [1.82, 2.24) is 0 Å². The van der Waals surface area contributed by atoms with Crippen molar-refractivity contribution in [3.63, 3.8) is 0 Å². The maximum Gasteiger partial charge on any atom is 0.303 e. The smallest absolute Gasteiger partial charge is 0.303 e. The molecule has 0 saturated heterocycles. The summed E-state index contributed by atoms with van der Waals surface area (Å²) in [6, 6.07) is 8.79. The Balaban J connectivity index is 3.15. The lowest BCUT2D eigenvalue weighted by Crippen LogP contribution is -2.35. The van der Waals surface area contributed by atoms with Gasteiger partial charge in [-0.25, -0.2) is 0 Å². The van der Waals surface area contributed by atoms with Crippen LogP contribution in [0, 0.1) is 0 Å². The predicted molar refractivity (Wildman–Crippen MR) is 72.5 cm³/mol. The second-order valence-electron chi connectivity index (χ2n) is 4.79. The highest BCUT2D eigenvalue weighted by Crippen LogP contribution is 2.35. The van der Waals surface area contributed by atoms with Crippen LogP contribution in [0.25, 0.3) is 0 Å². The Labute approximate surface area is 117 Å². The van der Waals surface area contributed by atoms with Crippen molar-refractivity contribution in [1.29, 1.82) is 0 Å². The molecule has 1 aromatic carbocycles. The first-order valence-corrected chi connectivity index (χ1v) is 6.38. The van der Waals surface area contributed by atoms with Crippen LogP contribution in [0.1, 0.15) is 38.2 Å². The van der Waals surface area contributed by atoms with E-state index in [1.54, 1.807) is 30.3 Å². The molecule has 20 heavy (non-hydrogen) atoms. The monoisotopic (exact) mass is 278 g/mol. The molecule has 0 radical (unpaired) electrons. The fraction of sp³-hybridized carbons (Fsp3) is 0.400. The summed E-state index contributed by atoms with van der Waals surface area (Å²) >= 11 is 0. The third-order valence-corrected chi connectivity index (χ3v) is 3.53. The van der Waals surface area contributed by atoms with E-state index >= 15 is 0 Å². The van der Waals surface area contributed by atoms with Crippen molar-refractivity contribution < 1.29 is 24.6 Å². The minimum Gasteiger partial charge on any atom is -0.481 e. The summed E-state index contributed by atoms with van der Waals surface area (Å²) in [5.74, 6) is -2.20. The summed E-state index contributed by atoms with van der Waals surface area (Å²) in [4.78, 5) is 33.7. The molecule has 0 aliphatic carbocycles. The Kier molecular flexibility index (Phi) is 5.43. The fourth-order valence-corrected chi connectivity index (χ4v) is 2.37. The molecule has 2 N–H and O–H groups in total. The highest BCUT2D eigenvalue weighted by Gasteiger charge is 2.37. The SMILES string of the molecule is CC(=O)C(CCC(=O)O)(CCC(=O)O)c1ccccc1. The topological polar surface area (TPSA) is 91.7 Å². The van der Waals surface area contributed by atoms with Crippen LogP contribution in [-0.2, 0) is 19.8 Å².